The van der Waals surface area contributed by atoms with Gasteiger partial charge in [0.2, 0.25) is 5.91 Å². The van der Waals surface area contributed by atoms with Gasteiger partial charge in [-0.15, -0.1) is 0 Å². The highest BCUT2D eigenvalue weighted by molar-refractivity contribution is 5.83. The van der Waals surface area contributed by atoms with E-state index in [1.165, 1.54) is 12.8 Å². The number of likely N-dealkylation sites (tertiary alicyclic amines) is 1. The zero-order valence-electron chi connectivity index (χ0n) is 8.25. The third kappa shape index (κ3) is 1.85. The molecule has 0 aliphatic carbocycles. The summed E-state index contributed by atoms with van der Waals surface area (Å²) in [7, 11) is 0. The molecule has 3 nitrogen and oxygen atoms in total. The van der Waals surface area contributed by atoms with Gasteiger partial charge in [0.05, 0.1) is 6.04 Å². The zero-order valence-corrected chi connectivity index (χ0v) is 8.25. The predicted octanol–water partition coefficient (Wildman–Crippen LogP) is 0.607. The first-order chi connectivity index (χ1) is 6.27. The fourth-order valence-corrected chi connectivity index (χ4v) is 2.27. The van der Waals surface area contributed by atoms with Crippen molar-refractivity contribution in [1.29, 1.82) is 0 Å². The Morgan fingerprint density at radius 3 is 2.54 bits per heavy atom. The minimum Gasteiger partial charge on any atom is -0.355 e. The second kappa shape index (κ2) is 3.66. The van der Waals surface area contributed by atoms with E-state index in [0.29, 0.717) is 0 Å². The van der Waals surface area contributed by atoms with Crippen molar-refractivity contribution < 1.29 is 4.79 Å². The molecule has 3 heteroatoms. The van der Waals surface area contributed by atoms with Gasteiger partial charge in [0, 0.05) is 6.54 Å². The standard InChI is InChI=1S/C10H18N2O/c1-8-3-6-12(7-4-8)9-2-5-11-10(9)13/h8-9H,2-7H2,1H3,(H,11,13). The van der Waals surface area contributed by atoms with Crippen LogP contribution in [-0.2, 0) is 4.79 Å². The summed E-state index contributed by atoms with van der Waals surface area (Å²) in [6.07, 6.45) is 3.51. The fourth-order valence-electron chi connectivity index (χ4n) is 2.27. The van der Waals surface area contributed by atoms with Gasteiger partial charge in [-0.25, -0.2) is 0 Å². The summed E-state index contributed by atoms with van der Waals surface area (Å²) in [4.78, 5) is 13.8. The van der Waals surface area contributed by atoms with E-state index >= 15 is 0 Å². The Hall–Kier alpha value is -0.570. The highest BCUT2D eigenvalue weighted by Crippen LogP contribution is 2.20. The Balaban J connectivity index is 1.90. The van der Waals surface area contributed by atoms with E-state index < -0.39 is 0 Å². The quantitative estimate of drug-likeness (QED) is 0.644. The van der Waals surface area contributed by atoms with Crippen LogP contribution in [0, 0.1) is 5.92 Å². The Labute approximate surface area is 79.5 Å². The molecule has 2 fully saturated rings. The normalized spacial score (nSPS) is 32.1. The molecule has 2 aliphatic heterocycles. The SMILES string of the molecule is CC1CCN(C2CCNC2=O)CC1. The first-order valence-electron chi connectivity index (χ1n) is 5.29. The van der Waals surface area contributed by atoms with Crippen LogP contribution in [0.3, 0.4) is 0 Å². The second-order valence-electron chi connectivity index (χ2n) is 4.31. The summed E-state index contributed by atoms with van der Waals surface area (Å²) in [6, 6.07) is 0.187. The third-order valence-corrected chi connectivity index (χ3v) is 3.28. The lowest BCUT2D eigenvalue weighted by Gasteiger charge is -2.33. The Kier molecular flexibility index (Phi) is 2.54. The van der Waals surface area contributed by atoms with Crippen molar-refractivity contribution in [2.45, 2.75) is 32.2 Å². The van der Waals surface area contributed by atoms with Crippen molar-refractivity contribution >= 4 is 5.91 Å². The number of amides is 1. The fraction of sp³-hybridized carbons (Fsp3) is 0.900. The summed E-state index contributed by atoms with van der Waals surface area (Å²) in [6.45, 7) is 5.39. The summed E-state index contributed by atoms with van der Waals surface area (Å²) in [5.41, 5.74) is 0. The summed E-state index contributed by atoms with van der Waals surface area (Å²) in [5.74, 6) is 1.09. The molecule has 2 saturated heterocycles. The van der Waals surface area contributed by atoms with Crippen LogP contribution >= 0.6 is 0 Å². The van der Waals surface area contributed by atoms with Crippen molar-refractivity contribution in [1.82, 2.24) is 10.2 Å². The second-order valence-corrected chi connectivity index (χ2v) is 4.31. The van der Waals surface area contributed by atoms with Crippen molar-refractivity contribution in [2.24, 2.45) is 5.92 Å². The van der Waals surface area contributed by atoms with Gasteiger partial charge in [0.1, 0.15) is 0 Å². The molecule has 0 spiro atoms. The van der Waals surface area contributed by atoms with Crippen LogP contribution in [0.2, 0.25) is 0 Å². The van der Waals surface area contributed by atoms with Gasteiger partial charge in [0.25, 0.3) is 0 Å². The average Bonchev–Trinajstić information content (AvgIpc) is 2.53. The van der Waals surface area contributed by atoms with Crippen LogP contribution in [-0.4, -0.2) is 36.5 Å². The number of hydrogen-bond donors (Lipinski definition) is 1. The molecule has 2 rings (SSSR count). The Morgan fingerprint density at radius 2 is 2.00 bits per heavy atom. The zero-order chi connectivity index (χ0) is 9.26. The first-order valence-corrected chi connectivity index (χ1v) is 5.29. The molecule has 2 aliphatic rings. The van der Waals surface area contributed by atoms with Gasteiger partial charge in [-0.3, -0.25) is 9.69 Å². The molecule has 0 aromatic heterocycles. The van der Waals surface area contributed by atoms with Gasteiger partial charge in [-0.2, -0.15) is 0 Å². The Morgan fingerprint density at radius 1 is 1.31 bits per heavy atom. The van der Waals surface area contributed by atoms with Gasteiger partial charge in [-0.1, -0.05) is 6.92 Å². The number of carbonyl (C=O) groups excluding carboxylic acids is 1. The van der Waals surface area contributed by atoms with E-state index in [9.17, 15) is 4.79 Å². The van der Waals surface area contributed by atoms with Crippen molar-refractivity contribution in [3.8, 4) is 0 Å². The maximum Gasteiger partial charge on any atom is 0.237 e. The van der Waals surface area contributed by atoms with Gasteiger partial charge in [-0.05, 0) is 38.3 Å². The average molecular weight is 182 g/mol. The molecule has 1 atom stereocenters. The number of nitrogens with zero attached hydrogens (tertiary/aromatic N) is 1. The molecule has 0 saturated carbocycles. The number of nitrogens with one attached hydrogen (secondary N) is 1. The summed E-state index contributed by atoms with van der Waals surface area (Å²) >= 11 is 0. The van der Waals surface area contributed by atoms with Gasteiger partial charge < -0.3 is 5.32 Å². The molecule has 0 bridgehead atoms. The highest BCUT2D eigenvalue weighted by Gasteiger charge is 2.31. The topological polar surface area (TPSA) is 32.3 Å². The largest absolute Gasteiger partial charge is 0.355 e. The van der Waals surface area contributed by atoms with Crippen LogP contribution in [0.25, 0.3) is 0 Å². The molecule has 0 aromatic rings. The number of piperidine rings is 1. The van der Waals surface area contributed by atoms with Crippen molar-refractivity contribution in [3.05, 3.63) is 0 Å². The lowest BCUT2D eigenvalue weighted by Crippen LogP contribution is -2.44. The third-order valence-electron chi connectivity index (χ3n) is 3.28. The lowest BCUT2D eigenvalue weighted by molar-refractivity contribution is -0.124. The summed E-state index contributed by atoms with van der Waals surface area (Å²) in [5, 5.41) is 2.90. The lowest BCUT2D eigenvalue weighted by atomic mass is 9.97. The van der Waals surface area contributed by atoms with Crippen LogP contribution in [0.1, 0.15) is 26.2 Å². The molecule has 0 radical (unpaired) electrons. The van der Waals surface area contributed by atoms with Gasteiger partial charge in [0.15, 0.2) is 0 Å². The Bertz CT molecular complexity index is 197. The smallest absolute Gasteiger partial charge is 0.237 e. The van der Waals surface area contributed by atoms with Crippen LogP contribution in [0.15, 0.2) is 0 Å². The van der Waals surface area contributed by atoms with E-state index in [2.05, 4.69) is 17.1 Å². The molecule has 2 heterocycles. The number of rotatable bonds is 1. The molecular formula is C10H18N2O. The minimum atomic E-state index is 0.187. The molecule has 1 N–H and O–H groups in total. The molecule has 1 amide bonds. The molecule has 1 unspecified atom stereocenters. The molecular weight excluding hydrogens is 164 g/mol. The van der Waals surface area contributed by atoms with Crippen molar-refractivity contribution in [3.63, 3.8) is 0 Å². The molecule has 74 valence electrons. The van der Waals surface area contributed by atoms with Crippen LogP contribution in [0.5, 0.6) is 0 Å². The van der Waals surface area contributed by atoms with Crippen LogP contribution in [0.4, 0.5) is 0 Å². The predicted molar refractivity (Wildman–Crippen MR) is 51.4 cm³/mol. The van der Waals surface area contributed by atoms with E-state index in [-0.39, 0.29) is 11.9 Å². The molecule has 0 aromatic carbocycles. The van der Waals surface area contributed by atoms with Crippen molar-refractivity contribution in [2.75, 3.05) is 19.6 Å². The van der Waals surface area contributed by atoms with E-state index in [1.54, 1.807) is 0 Å². The number of hydrogen-bond acceptors (Lipinski definition) is 2. The number of carbonyl (C=O) groups is 1. The monoisotopic (exact) mass is 182 g/mol. The van der Waals surface area contributed by atoms with E-state index in [1.807, 2.05) is 0 Å². The maximum atomic E-state index is 11.4. The van der Waals surface area contributed by atoms with E-state index in [4.69, 9.17) is 0 Å². The summed E-state index contributed by atoms with van der Waals surface area (Å²) < 4.78 is 0. The van der Waals surface area contributed by atoms with Gasteiger partial charge >= 0.3 is 0 Å². The first kappa shape index (κ1) is 9.00. The minimum absolute atomic E-state index is 0.187. The molecule has 13 heavy (non-hydrogen) atoms. The highest BCUT2D eigenvalue weighted by atomic mass is 16.2. The van der Waals surface area contributed by atoms with E-state index in [0.717, 1.165) is 32.0 Å². The van der Waals surface area contributed by atoms with Crippen LogP contribution < -0.4 is 5.32 Å². The maximum absolute atomic E-state index is 11.4.